The maximum absolute atomic E-state index is 13.0. The van der Waals surface area contributed by atoms with Crippen LogP contribution < -0.4 is 4.90 Å². The number of sulfonamides is 1. The van der Waals surface area contributed by atoms with Crippen LogP contribution in [0.1, 0.15) is 12.8 Å². The van der Waals surface area contributed by atoms with Gasteiger partial charge >= 0.3 is 0 Å². The number of piperazine rings is 1. The lowest BCUT2D eigenvalue weighted by molar-refractivity contribution is -0.137. The molecule has 4 rings (SSSR count). The summed E-state index contributed by atoms with van der Waals surface area (Å²) in [7, 11) is -3.68. The fourth-order valence-electron chi connectivity index (χ4n) is 3.97. The van der Waals surface area contributed by atoms with E-state index < -0.39 is 10.0 Å². The van der Waals surface area contributed by atoms with Gasteiger partial charge in [-0.1, -0.05) is 23.2 Å². The Morgan fingerprint density at radius 3 is 2.19 bits per heavy atom. The Bertz CT molecular complexity index is 1040. The Labute approximate surface area is 191 Å². The number of anilines is 1. The summed E-state index contributed by atoms with van der Waals surface area (Å²) in [5.74, 6) is 0.730. The third-order valence-electron chi connectivity index (χ3n) is 5.76. The van der Waals surface area contributed by atoms with Crippen molar-refractivity contribution < 1.29 is 13.2 Å². The number of aromatic nitrogens is 2. The molecule has 3 heterocycles. The Kier molecular flexibility index (Phi) is 6.66. The van der Waals surface area contributed by atoms with Gasteiger partial charge in [0, 0.05) is 57.6 Å². The molecular weight excluding hydrogens is 461 g/mol. The number of benzene rings is 1. The molecule has 2 aliphatic rings. The summed E-state index contributed by atoms with van der Waals surface area (Å²) >= 11 is 11.9. The van der Waals surface area contributed by atoms with E-state index in [9.17, 15) is 13.2 Å². The zero-order chi connectivity index (χ0) is 22.0. The third-order valence-corrected chi connectivity index (χ3v) is 8.39. The highest BCUT2D eigenvalue weighted by Crippen LogP contribution is 2.28. The van der Waals surface area contributed by atoms with Gasteiger partial charge in [0.2, 0.25) is 21.9 Å². The first kappa shape index (κ1) is 22.3. The SMILES string of the molecule is O=C(C1CCN(c2ncccn2)CC1)N1CCN(S(=O)(=O)c2ccc(Cl)c(Cl)c2)CC1. The molecule has 2 saturated heterocycles. The van der Waals surface area contributed by atoms with E-state index >= 15 is 0 Å². The maximum atomic E-state index is 13.0. The molecular formula is C20H23Cl2N5O3S. The first-order valence-corrected chi connectivity index (χ1v) is 12.3. The van der Waals surface area contributed by atoms with Crippen molar-refractivity contribution in [2.75, 3.05) is 44.2 Å². The van der Waals surface area contributed by atoms with E-state index in [1.807, 2.05) is 0 Å². The number of rotatable bonds is 4. The number of carbonyl (C=O) groups is 1. The van der Waals surface area contributed by atoms with E-state index in [4.69, 9.17) is 23.2 Å². The number of hydrogen-bond acceptors (Lipinski definition) is 6. The predicted octanol–water partition coefficient (Wildman–Crippen LogP) is 2.53. The van der Waals surface area contributed by atoms with Crippen molar-refractivity contribution >= 4 is 45.1 Å². The number of hydrogen-bond donors (Lipinski definition) is 0. The van der Waals surface area contributed by atoms with Gasteiger partial charge in [0.15, 0.2) is 0 Å². The highest BCUT2D eigenvalue weighted by molar-refractivity contribution is 7.89. The molecule has 0 radical (unpaired) electrons. The van der Waals surface area contributed by atoms with Crippen LogP contribution in [0.15, 0.2) is 41.6 Å². The first-order valence-electron chi connectivity index (χ1n) is 10.1. The molecule has 0 unspecified atom stereocenters. The molecule has 1 amide bonds. The molecule has 1 aromatic heterocycles. The summed E-state index contributed by atoms with van der Waals surface area (Å²) < 4.78 is 27.2. The molecule has 31 heavy (non-hydrogen) atoms. The van der Waals surface area contributed by atoms with Crippen LogP contribution in [0.25, 0.3) is 0 Å². The highest BCUT2D eigenvalue weighted by Gasteiger charge is 2.34. The molecule has 2 fully saturated rings. The van der Waals surface area contributed by atoms with E-state index in [1.165, 1.54) is 22.5 Å². The van der Waals surface area contributed by atoms with Gasteiger partial charge in [-0.05, 0) is 37.1 Å². The van der Waals surface area contributed by atoms with E-state index in [1.54, 1.807) is 23.4 Å². The predicted molar refractivity (Wildman–Crippen MR) is 119 cm³/mol. The van der Waals surface area contributed by atoms with Gasteiger partial charge in [-0.2, -0.15) is 4.31 Å². The van der Waals surface area contributed by atoms with Crippen molar-refractivity contribution in [3.05, 3.63) is 46.7 Å². The van der Waals surface area contributed by atoms with Crippen molar-refractivity contribution in [2.24, 2.45) is 5.92 Å². The van der Waals surface area contributed by atoms with Crippen LogP contribution in [0.4, 0.5) is 5.95 Å². The number of piperidine rings is 1. The van der Waals surface area contributed by atoms with E-state index in [0.29, 0.717) is 24.1 Å². The van der Waals surface area contributed by atoms with Crippen molar-refractivity contribution in [1.82, 2.24) is 19.2 Å². The van der Waals surface area contributed by atoms with Crippen molar-refractivity contribution in [3.8, 4) is 0 Å². The van der Waals surface area contributed by atoms with Gasteiger partial charge in [0.25, 0.3) is 0 Å². The minimum atomic E-state index is -3.68. The second kappa shape index (κ2) is 9.28. The fourth-order valence-corrected chi connectivity index (χ4v) is 5.79. The smallest absolute Gasteiger partial charge is 0.243 e. The molecule has 8 nitrogen and oxygen atoms in total. The standard InChI is InChI=1S/C20H23Cl2N5O3S/c21-17-3-2-16(14-18(17)22)31(29,30)27-12-10-25(11-13-27)19(28)15-4-8-26(9-5-15)20-23-6-1-7-24-20/h1-3,6-7,14-15H,4-5,8-13H2. The lowest BCUT2D eigenvalue weighted by atomic mass is 9.95. The monoisotopic (exact) mass is 483 g/mol. The van der Waals surface area contributed by atoms with E-state index in [-0.39, 0.29) is 34.8 Å². The first-order chi connectivity index (χ1) is 14.9. The largest absolute Gasteiger partial charge is 0.341 e. The third kappa shape index (κ3) is 4.79. The molecule has 2 aromatic rings. The maximum Gasteiger partial charge on any atom is 0.243 e. The zero-order valence-corrected chi connectivity index (χ0v) is 19.2. The van der Waals surface area contributed by atoms with Crippen molar-refractivity contribution in [3.63, 3.8) is 0 Å². The summed E-state index contributed by atoms with van der Waals surface area (Å²) in [6.45, 7) is 2.72. The Balaban J connectivity index is 1.32. The Hall–Kier alpha value is -1.94. The van der Waals surface area contributed by atoms with Gasteiger partial charge in [0.1, 0.15) is 0 Å². The van der Waals surface area contributed by atoms with Gasteiger partial charge in [-0.3, -0.25) is 4.79 Å². The minimum absolute atomic E-state index is 0.0572. The van der Waals surface area contributed by atoms with Crippen LogP contribution in [0.3, 0.4) is 0 Å². The topological polar surface area (TPSA) is 86.7 Å². The quantitative estimate of drug-likeness (QED) is 0.663. The van der Waals surface area contributed by atoms with Gasteiger partial charge in [-0.25, -0.2) is 18.4 Å². The highest BCUT2D eigenvalue weighted by atomic mass is 35.5. The normalized spacial score (nSPS) is 18.9. The molecule has 11 heteroatoms. The summed E-state index contributed by atoms with van der Waals surface area (Å²) in [5, 5.41) is 0.504. The molecule has 0 bridgehead atoms. The summed E-state index contributed by atoms with van der Waals surface area (Å²) in [5.41, 5.74) is 0. The summed E-state index contributed by atoms with van der Waals surface area (Å²) in [4.78, 5) is 25.5. The van der Waals surface area contributed by atoms with Gasteiger partial charge < -0.3 is 9.80 Å². The molecule has 0 N–H and O–H groups in total. The second-order valence-corrected chi connectivity index (χ2v) is 10.4. The lowest BCUT2D eigenvalue weighted by Gasteiger charge is -2.38. The summed E-state index contributed by atoms with van der Waals surface area (Å²) in [6.07, 6.45) is 4.90. The molecule has 0 spiro atoms. The number of amides is 1. The summed E-state index contributed by atoms with van der Waals surface area (Å²) in [6, 6.07) is 6.07. The van der Waals surface area contributed by atoms with Gasteiger partial charge in [0.05, 0.1) is 14.9 Å². The number of carbonyl (C=O) groups excluding carboxylic acids is 1. The Morgan fingerprint density at radius 1 is 0.935 bits per heavy atom. The lowest BCUT2D eigenvalue weighted by Crippen LogP contribution is -2.52. The van der Waals surface area contributed by atoms with E-state index in [0.717, 1.165) is 25.9 Å². The average Bonchev–Trinajstić information content (AvgIpc) is 2.81. The van der Waals surface area contributed by atoms with Crippen LogP contribution in [0.5, 0.6) is 0 Å². The second-order valence-electron chi connectivity index (χ2n) is 7.62. The molecule has 2 aliphatic heterocycles. The number of halogens is 2. The van der Waals surface area contributed by atoms with Crippen molar-refractivity contribution in [2.45, 2.75) is 17.7 Å². The Morgan fingerprint density at radius 2 is 1.58 bits per heavy atom. The molecule has 1 aromatic carbocycles. The fraction of sp³-hybridized carbons (Fsp3) is 0.450. The van der Waals surface area contributed by atoms with Crippen LogP contribution >= 0.6 is 23.2 Å². The molecule has 0 aliphatic carbocycles. The van der Waals surface area contributed by atoms with Crippen molar-refractivity contribution in [1.29, 1.82) is 0 Å². The van der Waals surface area contributed by atoms with Crippen LogP contribution in [0, 0.1) is 5.92 Å². The van der Waals surface area contributed by atoms with Crippen LogP contribution in [-0.4, -0.2) is 72.8 Å². The van der Waals surface area contributed by atoms with Gasteiger partial charge in [-0.15, -0.1) is 0 Å². The van der Waals surface area contributed by atoms with Crippen LogP contribution in [0.2, 0.25) is 10.0 Å². The van der Waals surface area contributed by atoms with Crippen LogP contribution in [-0.2, 0) is 14.8 Å². The molecule has 166 valence electrons. The number of nitrogens with zero attached hydrogens (tertiary/aromatic N) is 5. The average molecular weight is 484 g/mol. The molecule has 0 saturated carbocycles. The zero-order valence-electron chi connectivity index (χ0n) is 16.8. The van der Waals surface area contributed by atoms with E-state index in [2.05, 4.69) is 14.9 Å². The molecule has 0 atom stereocenters. The minimum Gasteiger partial charge on any atom is -0.341 e.